The molecule has 2 rings (SSSR count). The third-order valence-electron chi connectivity index (χ3n) is 2.69. The third kappa shape index (κ3) is 4.08. The molecule has 1 aromatic heterocycles. The number of amides is 1. The molecule has 0 spiro atoms. The average molecular weight is 319 g/mol. The van der Waals surface area contributed by atoms with Crippen LogP contribution in [0.5, 0.6) is 0 Å². The van der Waals surface area contributed by atoms with Crippen LogP contribution in [0.25, 0.3) is 10.4 Å². The molecular weight excluding hydrogens is 302 g/mol. The van der Waals surface area contributed by atoms with Crippen LogP contribution in [0, 0.1) is 0 Å². The molecular formula is C16H17NO4S. The van der Waals surface area contributed by atoms with Gasteiger partial charge in [0, 0.05) is 4.88 Å². The fraction of sp³-hybridized carbons (Fsp3) is 0.250. The Hall–Kier alpha value is -2.34. The van der Waals surface area contributed by atoms with Gasteiger partial charge in [-0.15, -0.1) is 11.3 Å². The van der Waals surface area contributed by atoms with Crippen molar-refractivity contribution in [1.29, 1.82) is 0 Å². The van der Waals surface area contributed by atoms with E-state index in [0.717, 1.165) is 10.4 Å². The highest BCUT2D eigenvalue weighted by Crippen LogP contribution is 2.29. The highest BCUT2D eigenvalue weighted by molar-refractivity contribution is 7.13. The fourth-order valence-electron chi connectivity index (χ4n) is 1.84. The first kappa shape index (κ1) is 16.0. The van der Waals surface area contributed by atoms with E-state index in [4.69, 9.17) is 4.74 Å². The second-order valence-corrected chi connectivity index (χ2v) is 6.62. The lowest BCUT2D eigenvalue weighted by Crippen LogP contribution is -2.27. The van der Waals surface area contributed by atoms with Crippen LogP contribution < -0.4 is 5.32 Å². The lowest BCUT2D eigenvalue weighted by Gasteiger charge is -2.20. The Morgan fingerprint density at radius 1 is 1.23 bits per heavy atom. The van der Waals surface area contributed by atoms with Gasteiger partial charge in [-0.25, -0.2) is 9.59 Å². The standard InChI is InChI=1S/C16H17NO4S/c1-16(2,3)21-15(20)17-12-7-6-10(9-11(12)14(18)19)13-5-4-8-22-13/h4-9H,1-3H3,(H,17,20)(H,18,19). The molecule has 0 aliphatic heterocycles. The van der Waals surface area contributed by atoms with E-state index < -0.39 is 17.7 Å². The van der Waals surface area contributed by atoms with Gasteiger partial charge in [0.25, 0.3) is 0 Å². The molecule has 0 atom stereocenters. The molecule has 0 saturated carbocycles. The van der Waals surface area contributed by atoms with Crippen molar-refractivity contribution in [2.75, 3.05) is 5.32 Å². The van der Waals surface area contributed by atoms with Crippen molar-refractivity contribution >= 4 is 29.1 Å². The molecule has 0 radical (unpaired) electrons. The van der Waals surface area contributed by atoms with E-state index in [0.29, 0.717) is 0 Å². The number of carboxylic acids is 1. The number of rotatable bonds is 3. The summed E-state index contributed by atoms with van der Waals surface area (Å²) in [7, 11) is 0. The van der Waals surface area contributed by atoms with E-state index in [1.165, 1.54) is 11.3 Å². The van der Waals surface area contributed by atoms with Crippen molar-refractivity contribution in [3.63, 3.8) is 0 Å². The lowest BCUT2D eigenvalue weighted by atomic mass is 10.1. The normalized spacial score (nSPS) is 11.0. The largest absolute Gasteiger partial charge is 0.478 e. The first-order chi connectivity index (χ1) is 10.3. The van der Waals surface area contributed by atoms with Crippen LogP contribution in [0.15, 0.2) is 35.7 Å². The minimum atomic E-state index is -1.11. The van der Waals surface area contributed by atoms with Crippen LogP contribution in [0.3, 0.4) is 0 Å². The summed E-state index contributed by atoms with van der Waals surface area (Å²) in [4.78, 5) is 24.2. The summed E-state index contributed by atoms with van der Waals surface area (Å²) in [6.07, 6.45) is -0.682. The minimum absolute atomic E-state index is 0.0248. The molecule has 116 valence electrons. The SMILES string of the molecule is CC(C)(C)OC(=O)Nc1ccc(-c2cccs2)cc1C(=O)O. The number of hydrogen-bond donors (Lipinski definition) is 2. The number of anilines is 1. The van der Waals surface area contributed by atoms with Gasteiger partial charge in [-0.3, -0.25) is 5.32 Å². The maximum absolute atomic E-state index is 11.8. The van der Waals surface area contributed by atoms with E-state index in [2.05, 4.69) is 5.32 Å². The Morgan fingerprint density at radius 2 is 1.95 bits per heavy atom. The molecule has 0 bridgehead atoms. The summed E-state index contributed by atoms with van der Waals surface area (Å²) in [6.45, 7) is 5.22. The summed E-state index contributed by atoms with van der Waals surface area (Å²) in [5, 5.41) is 13.7. The highest BCUT2D eigenvalue weighted by atomic mass is 32.1. The number of carbonyl (C=O) groups excluding carboxylic acids is 1. The number of carboxylic acid groups (broad SMARTS) is 1. The predicted octanol–water partition coefficient (Wildman–Crippen LogP) is 4.46. The monoisotopic (exact) mass is 319 g/mol. The van der Waals surface area contributed by atoms with Crippen molar-refractivity contribution in [2.24, 2.45) is 0 Å². The number of nitrogens with one attached hydrogen (secondary N) is 1. The molecule has 1 aromatic carbocycles. The van der Waals surface area contributed by atoms with Crippen molar-refractivity contribution in [2.45, 2.75) is 26.4 Å². The summed E-state index contributed by atoms with van der Waals surface area (Å²) < 4.78 is 5.14. The Labute approximate surface area is 132 Å². The lowest BCUT2D eigenvalue weighted by molar-refractivity contribution is 0.0636. The van der Waals surface area contributed by atoms with E-state index in [1.807, 2.05) is 17.5 Å². The predicted molar refractivity (Wildman–Crippen MR) is 86.6 cm³/mol. The van der Waals surface area contributed by atoms with Gasteiger partial charge in [0.1, 0.15) is 5.60 Å². The number of hydrogen-bond acceptors (Lipinski definition) is 4. The first-order valence-corrected chi connectivity index (χ1v) is 7.55. The molecule has 0 fully saturated rings. The number of benzene rings is 1. The molecule has 6 heteroatoms. The van der Waals surface area contributed by atoms with E-state index >= 15 is 0 Å². The fourth-order valence-corrected chi connectivity index (χ4v) is 2.56. The van der Waals surface area contributed by atoms with Gasteiger partial charge >= 0.3 is 12.1 Å². The summed E-state index contributed by atoms with van der Waals surface area (Å²) in [5.41, 5.74) is 0.380. The van der Waals surface area contributed by atoms with Crippen LogP contribution in [0.1, 0.15) is 31.1 Å². The molecule has 22 heavy (non-hydrogen) atoms. The van der Waals surface area contributed by atoms with Crippen molar-refractivity contribution < 1.29 is 19.4 Å². The second-order valence-electron chi connectivity index (χ2n) is 5.67. The molecule has 2 aromatic rings. The Balaban J connectivity index is 2.28. The molecule has 5 nitrogen and oxygen atoms in total. The zero-order valence-electron chi connectivity index (χ0n) is 12.5. The van der Waals surface area contributed by atoms with Crippen LogP contribution in [0.4, 0.5) is 10.5 Å². The van der Waals surface area contributed by atoms with E-state index in [-0.39, 0.29) is 11.3 Å². The zero-order chi connectivity index (χ0) is 16.3. The quantitative estimate of drug-likeness (QED) is 0.875. The maximum atomic E-state index is 11.8. The molecule has 1 amide bonds. The number of aromatic carboxylic acids is 1. The highest BCUT2D eigenvalue weighted by Gasteiger charge is 2.19. The zero-order valence-corrected chi connectivity index (χ0v) is 13.4. The Morgan fingerprint density at radius 3 is 2.50 bits per heavy atom. The van der Waals surface area contributed by atoms with Crippen LogP contribution in [0.2, 0.25) is 0 Å². The van der Waals surface area contributed by atoms with Gasteiger partial charge in [-0.2, -0.15) is 0 Å². The molecule has 0 aliphatic rings. The maximum Gasteiger partial charge on any atom is 0.412 e. The van der Waals surface area contributed by atoms with Gasteiger partial charge in [-0.05, 0) is 49.9 Å². The third-order valence-corrected chi connectivity index (χ3v) is 3.61. The summed E-state index contributed by atoms with van der Waals surface area (Å²) in [5.74, 6) is -1.11. The number of thiophene rings is 1. The number of ether oxygens (including phenoxy) is 1. The van der Waals surface area contributed by atoms with E-state index in [1.54, 1.807) is 39.0 Å². The minimum Gasteiger partial charge on any atom is -0.478 e. The average Bonchev–Trinajstić information content (AvgIpc) is 2.90. The summed E-state index contributed by atoms with van der Waals surface area (Å²) >= 11 is 1.52. The van der Waals surface area contributed by atoms with Crippen LogP contribution in [-0.4, -0.2) is 22.8 Å². The first-order valence-electron chi connectivity index (χ1n) is 6.67. The van der Waals surface area contributed by atoms with Gasteiger partial charge in [0.15, 0.2) is 0 Å². The van der Waals surface area contributed by atoms with Crippen molar-refractivity contribution in [3.05, 3.63) is 41.3 Å². The van der Waals surface area contributed by atoms with Gasteiger partial charge in [0.2, 0.25) is 0 Å². The van der Waals surface area contributed by atoms with Gasteiger partial charge < -0.3 is 9.84 Å². The topological polar surface area (TPSA) is 75.6 Å². The molecule has 0 saturated heterocycles. The van der Waals surface area contributed by atoms with Gasteiger partial charge in [0.05, 0.1) is 11.3 Å². The molecule has 1 heterocycles. The Bertz CT molecular complexity index is 687. The number of carbonyl (C=O) groups is 2. The van der Waals surface area contributed by atoms with Crippen molar-refractivity contribution in [3.8, 4) is 10.4 Å². The van der Waals surface area contributed by atoms with Crippen LogP contribution >= 0.6 is 11.3 Å². The molecule has 2 N–H and O–H groups in total. The van der Waals surface area contributed by atoms with Gasteiger partial charge in [-0.1, -0.05) is 12.1 Å². The molecule has 0 aliphatic carbocycles. The van der Waals surface area contributed by atoms with Crippen molar-refractivity contribution in [1.82, 2.24) is 0 Å². The second kappa shape index (κ2) is 6.19. The summed E-state index contributed by atoms with van der Waals surface area (Å²) in [6, 6.07) is 8.69. The van der Waals surface area contributed by atoms with Crippen LogP contribution in [-0.2, 0) is 4.74 Å². The smallest absolute Gasteiger partial charge is 0.412 e. The van der Waals surface area contributed by atoms with E-state index in [9.17, 15) is 14.7 Å². The Kier molecular flexibility index (Phi) is 4.51. The molecule has 0 unspecified atom stereocenters.